The van der Waals surface area contributed by atoms with Gasteiger partial charge in [-0.2, -0.15) is 0 Å². The molecule has 1 aromatic carbocycles. The highest BCUT2D eigenvalue weighted by atomic mass is 16.6. The van der Waals surface area contributed by atoms with Crippen molar-refractivity contribution in [1.29, 1.82) is 0 Å². The highest BCUT2D eigenvalue weighted by Gasteiger charge is 2.35. The Bertz CT molecular complexity index is 539. The van der Waals surface area contributed by atoms with Crippen LogP contribution >= 0.6 is 0 Å². The van der Waals surface area contributed by atoms with E-state index in [1.807, 2.05) is 12.1 Å². The fourth-order valence-electron chi connectivity index (χ4n) is 3.49. The standard InChI is InChI=1S/C17H23NO3/c1-2-17(11-6-12-19)10-5-8-15(17)13-14-7-3-4-9-16(14)18(20)21/h3-4,7-9,19H,2,5-6,10-13H2,1H3/t17-/m0/s1. The van der Waals surface area contributed by atoms with Crippen LogP contribution in [-0.4, -0.2) is 16.6 Å². The van der Waals surface area contributed by atoms with Crippen molar-refractivity contribution in [2.24, 2.45) is 5.41 Å². The molecule has 0 spiro atoms. The Morgan fingerprint density at radius 1 is 1.38 bits per heavy atom. The minimum absolute atomic E-state index is 0.117. The average Bonchev–Trinajstić information content (AvgIpc) is 2.89. The first-order valence-electron chi connectivity index (χ1n) is 7.65. The predicted octanol–water partition coefficient (Wildman–Crippen LogP) is 4.03. The van der Waals surface area contributed by atoms with Crippen molar-refractivity contribution in [2.45, 2.75) is 45.4 Å². The molecule has 1 N–H and O–H groups in total. The maximum atomic E-state index is 11.2. The average molecular weight is 289 g/mol. The van der Waals surface area contributed by atoms with Gasteiger partial charge in [0.05, 0.1) is 4.92 Å². The summed E-state index contributed by atoms with van der Waals surface area (Å²) < 4.78 is 0. The number of benzene rings is 1. The second kappa shape index (κ2) is 6.85. The quantitative estimate of drug-likeness (QED) is 0.468. The molecular weight excluding hydrogens is 266 g/mol. The van der Waals surface area contributed by atoms with Gasteiger partial charge in [0, 0.05) is 24.7 Å². The lowest BCUT2D eigenvalue weighted by molar-refractivity contribution is -0.385. The van der Waals surface area contributed by atoms with Crippen LogP contribution in [0.2, 0.25) is 0 Å². The molecule has 0 saturated carbocycles. The van der Waals surface area contributed by atoms with Gasteiger partial charge in [0.2, 0.25) is 0 Å². The Balaban J connectivity index is 2.24. The van der Waals surface area contributed by atoms with Gasteiger partial charge in [-0.05, 0) is 37.5 Å². The number of allylic oxidation sites excluding steroid dienone is 2. The van der Waals surface area contributed by atoms with Gasteiger partial charge in [-0.15, -0.1) is 0 Å². The van der Waals surface area contributed by atoms with E-state index >= 15 is 0 Å². The molecule has 0 bridgehead atoms. The number of hydrogen-bond acceptors (Lipinski definition) is 3. The van der Waals surface area contributed by atoms with Crippen LogP contribution in [0.3, 0.4) is 0 Å². The van der Waals surface area contributed by atoms with Gasteiger partial charge in [-0.3, -0.25) is 10.1 Å². The molecule has 114 valence electrons. The molecule has 1 aliphatic carbocycles. The normalized spacial score (nSPS) is 21.3. The molecule has 4 heteroatoms. The van der Waals surface area contributed by atoms with Crippen LogP contribution in [0.1, 0.15) is 44.6 Å². The van der Waals surface area contributed by atoms with Crippen LogP contribution in [-0.2, 0) is 6.42 Å². The molecule has 0 heterocycles. The summed E-state index contributed by atoms with van der Waals surface area (Å²) in [4.78, 5) is 10.9. The summed E-state index contributed by atoms with van der Waals surface area (Å²) in [5.41, 5.74) is 2.43. The number of rotatable bonds is 7. The highest BCUT2D eigenvalue weighted by Crippen LogP contribution is 2.47. The van der Waals surface area contributed by atoms with Crippen LogP contribution in [0, 0.1) is 15.5 Å². The summed E-state index contributed by atoms with van der Waals surface area (Å²) in [5, 5.41) is 20.3. The summed E-state index contributed by atoms with van der Waals surface area (Å²) in [5.74, 6) is 0. The molecule has 0 saturated heterocycles. The van der Waals surface area contributed by atoms with Crippen molar-refractivity contribution >= 4 is 5.69 Å². The second-order valence-electron chi connectivity index (χ2n) is 5.79. The number of aliphatic hydroxyl groups is 1. The summed E-state index contributed by atoms with van der Waals surface area (Å²) in [6.07, 6.45) is 7.82. The fourth-order valence-corrected chi connectivity index (χ4v) is 3.49. The van der Waals surface area contributed by atoms with Gasteiger partial charge < -0.3 is 5.11 Å². The zero-order chi connectivity index (χ0) is 15.3. The van der Waals surface area contributed by atoms with Crippen molar-refractivity contribution in [3.05, 3.63) is 51.6 Å². The Morgan fingerprint density at radius 3 is 2.81 bits per heavy atom. The lowest BCUT2D eigenvalue weighted by atomic mass is 9.73. The molecule has 1 aromatic rings. The topological polar surface area (TPSA) is 63.4 Å². The largest absolute Gasteiger partial charge is 0.396 e. The molecule has 1 atom stereocenters. The number of nitro benzene ring substituents is 1. The van der Waals surface area contributed by atoms with Gasteiger partial charge in [0.15, 0.2) is 0 Å². The summed E-state index contributed by atoms with van der Waals surface area (Å²) in [7, 11) is 0. The molecule has 1 aliphatic rings. The van der Waals surface area contributed by atoms with E-state index < -0.39 is 0 Å². The van der Waals surface area contributed by atoms with Crippen molar-refractivity contribution in [1.82, 2.24) is 0 Å². The van der Waals surface area contributed by atoms with E-state index in [-0.39, 0.29) is 22.6 Å². The van der Waals surface area contributed by atoms with Crippen molar-refractivity contribution in [2.75, 3.05) is 6.61 Å². The Morgan fingerprint density at radius 2 is 2.14 bits per heavy atom. The summed E-state index contributed by atoms with van der Waals surface area (Å²) in [6, 6.07) is 7.00. The monoisotopic (exact) mass is 289 g/mol. The second-order valence-corrected chi connectivity index (χ2v) is 5.79. The third kappa shape index (κ3) is 3.32. The van der Waals surface area contributed by atoms with Gasteiger partial charge in [-0.25, -0.2) is 0 Å². The molecule has 0 aliphatic heterocycles. The molecule has 4 nitrogen and oxygen atoms in total. The van der Waals surface area contributed by atoms with Gasteiger partial charge in [-0.1, -0.05) is 36.8 Å². The minimum atomic E-state index is -0.299. The molecule has 0 radical (unpaired) electrons. The smallest absolute Gasteiger partial charge is 0.272 e. The Kier molecular flexibility index (Phi) is 5.12. The lowest BCUT2D eigenvalue weighted by Crippen LogP contribution is -2.21. The predicted molar refractivity (Wildman–Crippen MR) is 83.2 cm³/mol. The third-order valence-electron chi connectivity index (χ3n) is 4.75. The third-order valence-corrected chi connectivity index (χ3v) is 4.75. The highest BCUT2D eigenvalue weighted by molar-refractivity contribution is 5.43. The van der Waals surface area contributed by atoms with E-state index in [9.17, 15) is 10.1 Å². The number of nitrogens with zero attached hydrogens (tertiary/aromatic N) is 1. The maximum absolute atomic E-state index is 11.2. The number of aliphatic hydroxyl groups excluding tert-OH is 1. The van der Waals surface area contributed by atoms with Crippen LogP contribution in [0.5, 0.6) is 0 Å². The SMILES string of the molecule is CC[C@@]1(CCCO)CCC=C1Cc1ccccc1[N+](=O)[O-]. The van der Waals surface area contributed by atoms with Crippen LogP contribution in [0.15, 0.2) is 35.9 Å². The summed E-state index contributed by atoms with van der Waals surface area (Å²) >= 11 is 0. The Labute approximate surface area is 125 Å². The van der Waals surface area contributed by atoms with Crippen molar-refractivity contribution in [3.8, 4) is 0 Å². The number of para-hydroxylation sites is 1. The van der Waals surface area contributed by atoms with Gasteiger partial charge in [0.1, 0.15) is 0 Å². The van der Waals surface area contributed by atoms with Crippen LogP contribution in [0.25, 0.3) is 0 Å². The van der Waals surface area contributed by atoms with Gasteiger partial charge in [0.25, 0.3) is 5.69 Å². The van der Waals surface area contributed by atoms with E-state index in [0.717, 1.165) is 37.7 Å². The maximum Gasteiger partial charge on any atom is 0.272 e. The number of nitro groups is 1. The molecule has 0 amide bonds. The molecular formula is C17H23NO3. The molecule has 0 unspecified atom stereocenters. The van der Waals surface area contributed by atoms with E-state index in [1.54, 1.807) is 12.1 Å². The minimum Gasteiger partial charge on any atom is -0.396 e. The first kappa shape index (κ1) is 15.7. The van der Waals surface area contributed by atoms with E-state index in [0.29, 0.717) is 6.42 Å². The van der Waals surface area contributed by atoms with E-state index in [4.69, 9.17) is 5.11 Å². The molecule has 2 rings (SSSR count). The van der Waals surface area contributed by atoms with E-state index in [2.05, 4.69) is 13.0 Å². The number of hydrogen-bond donors (Lipinski definition) is 1. The van der Waals surface area contributed by atoms with E-state index in [1.165, 1.54) is 5.57 Å². The van der Waals surface area contributed by atoms with Crippen molar-refractivity contribution < 1.29 is 10.0 Å². The first-order valence-corrected chi connectivity index (χ1v) is 7.65. The van der Waals surface area contributed by atoms with Crippen LogP contribution < -0.4 is 0 Å². The molecule has 21 heavy (non-hydrogen) atoms. The Hall–Kier alpha value is -1.68. The van der Waals surface area contributed by atoms with Crippen LogP contribution in [0.4, 0.5) is 5.69 Å². The zero-order valence-electron chi connectivity index (χ0n) is 12.5. The molecule has 0 fully saturated rings. The molecule has 0 aromatic heterocycles. The lowest BCUT2D eigenvalue weighted by Gasteiger charge is -2.32. The summed E-state index contributed by atoms with van der Waals surface area (Å²) in [6.45, 7) is 2.39. The van der Waals surface area contributed by atoms with Crippen molar-refractivity contribution in [3.63, 3.8) is 0 Å². The first-order chi connectivity index (χ1) is 10.1. The fraction of sp³-hybridized carbons (Fsp3) is 0.529. The van der Waals surface area contributed by atoms with Gasteiger partial charge >= 0.3 is 0 Å². The zero-order valence-corrected chi connectivity index (χ0v) is 12.5.